The van der Waals surface area contributed by atoms with E-state index in [0.29, 0.717) is 0 Å². The standard InChI is InChI=1S/C13H14N.BrH/c1-12-6-5-9-14(10-12)11-13-7-3-2-4-8-13;/h2-10H,11H2,1H3;1H/q+1;/p-1. The maximum absolute atomic E-state index is 2.20. The van der Waals surface area contributed by atoms with Crippen molar-refractivity contribution in [2.24, 2.45) is 0 Å². The fourth-order valence-corrected chi connectivity index (χ4v) is 1.55. The van der Waals surface area contributed by atoms with E-state index >= 15 is 0 Å². The van der Waals surface area contributed by atoms with Crippen molar-refractivity contribution in [1.29, 1.82) is 0 Å². The molecule has 0 fully saturated rings. The molecule has 0 saturated carbocycles. The molecule has 2 heteroatoms. The summed E-state index contributed by atoms with van der Waals surface area (Å²) in [5, 5.41) is 0. The highest BCUT2D eigenvalue weighted by atomic mass is 79.9. The maximum atomic E-state index is 2.20. The van der Waals surface area contributed by atoms with Crippen LogP contribution in [0, 0.1) is 6.92 Å². The molecule has 0 unspecified atom stereocenters. The highest BCUT2D eigenvalue weighted by molar-refractivity contribution is 5.13. The third-order valence-electron chi connectivity index (χ3n) is 2.21. The number of halogens is 1. The molecule has 1 heterocycles. The quantitative estimate of drug-likeness (QED) is 0.634. The van der Waals surface area contributed by atoms with Gasteiger partial charge in [-0.2, -0.15) is 0 Å². The monoisotopic (exact) mass is 263 g/mol. The van der Waals surface area contributed by atoms with Crippen LogP contribution in [0.15, 0.2) is 54.9 Å². The molecular formula is C13H14BrN. The Morgan fingerprint density at radius 1 is 1.00 bits per heavy atom. The Morgan fingerprint density at radius 3 is 2.40 bits per heavy atom. The molecule has 1 nitrogen and oxygen atoms in total. The average molecular weight is 264 g/mol. The van der Waals surface area contributed by atoms with Crippen LogP contribution >= 0.6 is 0 Å². The molecule has 15 heavy (non-hydrogen) atoms. The lowest BCUT2D eigenvalue weighted by molar-refractivity contribution is -0.688. The zero-order valence-corrected chi connectivity index (χ0v) is 10.3. The summed E-state index contributed by atoms with van der Waals surface area (Å²) in [5.74, 6) is 0. The van der Waals surface area contributed by atoms with E-state index in [1.807, 2.05) is 6.07 Å². The van der Waals surface area contributed by atoms with Crippen LogP contribution in [0.3, 0.4) is 0 Å². The lowest BCUT2D eigenvalue weighted by Gasteiger charge is -1.97. The number of aromatic nitrogens is 1. The van der Waals surface area contributed by atoms with Crippen molar-refractivity contribution in [3.8, 4) is 0 Å². The van der Waals surface area contributed by atoms with Crippen LogP contribution in [-0.2, 0) is 6.54 Å². The zero-order chi connectivity index (χ0) is 9.80. The number of hydrogen-bond acceptors (Lipinski definition) is 0. The van der Waals surface area contributed by atoms with Crippen molar-refractivity contribution in [3.63, 3.8) is 0 Å². The second-order valence-electron chi connectivity index (χ2n) is 3.54. The van der Waals surface area contributed by atoms with Crippen LogP contribution < -0.4 is 21.5 Å². The summed E-state index contributed by atoms with van der Waals surface area (Å²) in [6.07, 6.45) is 4.26. The van der Waals surface area contributed by atoms with E-state index in [9.17, 15) is 0 Å². The van der Waals surface area contributed by atoms with E-state index in [2.05, 4.69) is 60.3 Å². The van der Waals surface area contributed by atoms with Gasteiger partial charge in [-0.3, -0.25) is 0 Å². The van der Waals surface area contributed by atoms with Crippen molar-refractivity contribution in [1.82, 2.24) is 0 Å². The number of benzene rings is 1. The van der Waals surface area contributed by atoms with E-state index in [-0.39, 0.29) is 17.0 Å². The predicted octanol–water partition coefficient (Wildman–Crippen LogP) is -0.665. The van der Waals surface area contributed by atoms with Gasteiger partial charge in [-0.05, 0) is 13.0 Å². The lowest BCUT2D eigenvalue weighted by Crippen LogP contribution is -3.00. The lowest BCUT2D eigenvalue weighted by atomic mass is 10.2. The van der Waals surface area contributed by atoms with Crippen molar-refractivity contribution >= 4 is 0 Å². The fourth-order valence-electron chi connectivity index (χ4n) is 1.55. The molecule has 0 bridgehead atoms. The number of rotatable bonds is 2. The van der Waals surface area contributed by atoms with Crippen LogP contribution in [0.4, 0.5) is 0 Å². The topological polar surface area (TPSA) is 3.88 Å². The third kappa shape index (κ3) is 3.48. The minimum atomic E-state index is 0. The molecule has 2 aromatic rings. The molecule has 1 aromatic carbocycles. The van der Waals surface area contributed by atoms with Crippen molar-refractivity contribution in [3.05, 3.63) is 66.0 Å². The summed E-state index contributed by atoms with van der Waals surface area (Å²) in [6.45, 7) is 3.06. The van der Waals surface area contributed by atoms with E-state index in [0.717, 1.165) is 6.54 Å². The van der Waals surface area contributed by atoms with E-state index in [1.54, 1.807) is 0 Å². The van der Waals surface area contributed by atoms with Gasteiger partial charge in [0.2, 0.25) is 0 Å². The summed E-state index contributed by atoms with van der Waals surface area (Å²) in [6, 6.07) is 14.7. The van der Waals surface area contributed by atoms with Crippen molar-refractivity contribution < 1.29 is 21.5 Å². The van der Waals surface area contributed by atoms with E-state index < -0.39 is 0 Å². The Balaban J connectivity index is 0.00000112. The molecule has 2 rings (SSSR count). The average Bonchev–Trinajstić information content (AvgIpc) is 2.19. The SMILES string of the molecule is Cc1ccc[n+](Cc2ccccc2)c1.[Br-]. The first-order chi connectivity index (χ1) is 6.84. The van der Waals surface area contributed by atoms with E-state index in [4.69, 9.17) is 0 Å². The van der Waals surface area contributed by atoms with Crippen molar-refractivity contribution in [2.45, 2.75) is 13.5 Å². The van der Waals surface area contributed by atoms with Crippen LogP contribution in [0.1, 0.15) is 11.1 Å². The molecule has 0 aliphatic carbocycles. The van der Waals surface area contributed by atoms with Gasteiger partial charge in [0.05, 0.1) is 0 Å². The van der Waals surface area contributed by atoms with Gasteiger partial charge in [-0.1, -0.05) is 30.3 Å². The van der Waals surface area contributed by atoms with Gasteiger partial charge < -0.3 is 17.0 Å². The molecule has 0 aliphatic heterocycles. The van der Waals surface area contributed by atoms with Crippen LogP contribution in [0.25, 0.3) is 0 Å². The summed E-state index contributed by atoms with van der Waals surface area (Å²) in [7, 11) is 0. The number of nitrogens with zero attached hydrogens (tertiary/aromatic N) is 1. The van der Waals surface area contributed by atoms with Gasteiger partial charge in [0.25, 0.3) is 0 Å². The van der Waals surface area contributed by atoms with Crippen LogP contribution in [-0.4, -0.2) is 0 Å². The molecule has 1 aromatic heterocycles. The first-order valence-corrected chi connectivity index (χ1v) is 4.84. The molecule has 0 amide bonds. The van der Waals surface area contributed by atoms with Gasteiger partial charge in [-0.25, -0.2) is 4.57 Å². The smallest absolute Gasteiger partial charge is 0.173 e. The Morgan fingerprint density at radius 2 is 1.73 bits per heavy atom. The van der Waals surface area contributed by atoms with E-state index in [1.165, 1.54) is 11.1 Å². The molecule has 0 radical (unpaired) electrons. The van der Waals surface area contributed by atoms with Gasteiger partial charge in [-0.15, -0.1) is 0 Å². The summed E-state index contributed by atoms with van der Waals surface area (Å²) in [5.41, 5.74) is 2.63. The zero-order valence-electron chi connectivity index (χ0n) is 8.73. The molecule has 0 aliphatic rings. The molecule has 0 atom stereocenters. The first kappa shape index (κ1) is 11.9. The molecular weight excluding hydrogens is 250 g/mol. The Kier molecular flexibility index (Phi) is 4.50. The summed E-state index contributed by atoms with van der Waals surface area (Å²) in [4.78, 5) is 0. The second-order valence-corrected chi connectivity index (χ2v) is 3.54. The van der Waals surface area contributed by atoms with Crippen LogP contribution in [0.2, 0.25) is 0 Å². The predicted molar refractivity (Wildman–Crippen MR) is 56.9 cm³/mol. The van der Waals surface area contributed by atoms with Crippen molar-refractivity contribution in [2.75, 3.05) is 0 Å². The Bertz CT molecular complexity index is 412. The molecule has 78 valence electrons. The highest BCUT2D eigenvalue weighted by Crippen LogP contribution is 1.98. The minimum Gasteiger partial charge on any atom is -1.00 e. The first-order valence-electron chi connectivity index (χ1n) is 4.84. The number of pyridine rings is 1. The molecule has 0 N–H and O–H groups in total. The molecule has 0 spiro atoms. The number of aryl methyl sites for hydroxylation is 1. The van der Waals surface area contributed by atoms with Crippen LogP contribution in [0.5, 0.6) is 0 Å². The minimum absolute atomic E-state index is 0. The summed E-state index contributed by atoms with van der Waals surface area (Å²) >= 11 is 0. The highest BCUT2D eigenvalue weighted by Gasteiger charge is 2.00. The largest absolute Gasteiger partial charge is 1.00 e. The van der Waals surface area contributed by atoms with Gasteiger partial charge in [0.1, 0.15) is 0 Å². The number of hydrogen-bond donors (Lipinski definition) is 0. The Hall–Kier alpha value is -1.15. The normalized spacial score (nSPS) is 9.40. The third-order valence-corrected chi connectivity index (χ3v) is 2.21. The fraction of sp³-hybridized carbons (Fsp3) is 0.154. The summed E-state index contributed by atoms with van der Waals surface area (Å²) < 4.78 is 2.20. The maximum Gasteiger partial charge on any atom is 0.173 e. The molecule has 0 saturated heterocycles. The van der Waals surface area contributed by atoms with Gasteiger partial charge in [0.15, 0.2) is 18.9 Å². The van der Waals surface area contributed by atoms with Gasteiger partial charge >= 0.3 is 0 Å². The second kappa shape index (κ2) is 5.66. The van der Waals surface area contributed by atoms with Gasteiger partial charge in [0, 0.05) is 17.2 Å². The Labute approximate surface area is 101 Å².